The fraction of sp³-hybridized carbons (Fsp3) is 0.235. The zero-order chi connectivity index (χ0) is 17.5. The van der Waals surface area contributed by atoms with Gasteiger partial charge in [-0.15, -0.1) is 0 Å². The van der Waals surface area contributed by atoms with E-state index in [0.29, 0.717) is 0 Å². The standard InChI is InChI=1S/C17H20N4O3/c1-21(2)14(12-6-4-3-5-7-12)11-19-16(23)17(24)20-13-10-18-9-8-15(13)22/h3-10,14H,11H2,1-2H3,(H,18,22)(H,19,23)(H,20,24)/t14-/m1/s1. The van der Waals surface area contributed by atoms with Crippen LogP contribution in [0.3, 0.4) is 0 Å². The molecule has 0 aliphatic heterocycles. The topological polar surface area (TPSA) is 94.3 Å². The van der Waals surface area contributed by atoms with Crippen LogP contribution in [0.1, 0.15) is 11.6 Å². The van der Waals surface area contributed by atoms with Gasteiger partial charge in [-0.3, -0.25) is 14.4 Å². The average molecular weight is 328 g/mol. The highest BCUT2D eigenvalue weighted by atomic mass is 16.2. The monoisotopic (exact) mass is 328 g/mol. The van der Waals surface area contributed by atoms with Crippen molar-refractivity contribution in [3.05, 3.63) is 64.6 Å². The maximum absolute atomic E-state index is 12.0. The summed E-state index contributed by atoms with van der Waals surface area (Å²) in [6.45, 7) is 0.272. The first-order valence-corrected chi connectivity index (χ1v) is 7.46. The number of aromatic nitrogens is 1. The first kappa shape index (κ1) is 17.4. The summed E-state index contributed by atoms with van der Waals surface area (Å²) in [5.74, 6) is -1.67. The van der Waals surface area contributed by atoms with Crippen LogP contribution in [0.15, 0.2) is 53.6 Å². The minimum atomic E-state index is -0.878. The highest BCUT2D eigenvalue weighted by molar-refractivity contribution is 6.39. The fourth-order valence-corrected chi connectivity index (χ4v) is 2.24. The Morgan fingerprint density at radius 1 is 1.12 bits per heavy atom. The number of hydrogen-bond acceptors (Lipinski definition) is 4. The Hall–Kier alpha value is -2.93. The fourth-order valence-electron chi connectivity index (χ4n) is 2.24. The highest BCUT2D eigenvalue weighted by Crippen LogP contribution is 2.16. The zero-order valence-corrected chi connectivity index (χ0v) is 13.6. The largest absolute Gasteiger partial charge is 0.366 e. The number of amides is 2. The lowest BCUT2D eigenvalue weighted by Crippen LogP contribution is -2.40. The van der Waals surface area contributed by atoms with Crippen LogP contribution >= 0.6 is 0 Å². The van der Waals surface area contributed by atoms with E-state index >= 15 is 0 Å². The molecule has 0 spiro atoms. The van der Waals surface area contributed by atoms with Gasteiger partial charge in [0.2, 0.25) is 5.43 Å². The second-order valence-electron chi connectivity index (χ2n) is 5.48. The van der Waals surface area contributed by atoms with Gasteiger partial charge in [0, 0.05) is 25.0 Å². The van der Waals surface area contributed by atoms with Crippen molar-refractivity contribution in [2.75, 3.05) is 26.0 Å². The van der Waals surface area contributed by atoms with E-state index in [0.717, 1.165) is 5.56 Å². The number of aromatic amines is 1. The van der Waals surface area contributed by atoms with Crippen LogP contribution in [0.4, 0.5) is 5.69 Å². The van der Waals surface area contributed by atoms with E-state index in [1.807, 2.05) is 49.3 Å². The summed E-state index contributed by atoms with van der Waals surface area (Å²) in [5, 5.41) is 4.89. The molecule has 7 heteroatoms. The molecule has 2 rings (SSSR count). The second kappa shape index (κ2) is 8.07. The van der Waals surface area contributed by atoms with Crippen LogP contribution in [-0.4, -0.2) is 42.3 Å². The van der Waals surface area contributed by atoms with Crippen molar-refractivity contribution < 1.29 is 9.59 Å². The molecule has 0 saturated carbocycles. The van der Waals surface area contributed by atoms with Crippen molar-refractivity contribution >= 4 is 17.5 Å². The summed E-state index contributed by atoms with van der Waals surface area (Å²) in [6.07, 6.45) is 2.78. The van der Waals surface area contributed by atoms with Crippen LogP contribution in [-0.2, 0) is 9.59 Å². The molecule has 1 heterocycles. The highest BCUT2D eigenvalue weighted by Gasteiger charge is 2.19. The Balaban J connectivity index is 1.97. The number of anilines is 1. The SMILES string of the molecule is CN(C)[C@H](CNC(=O)C(=O)Nc1c[nH]ccc1=O)c1ccccc1. The van der Waals surface area contributed by atoms with Crippen LogP contribution in [0, 0.1) is 0 Å². The van der Waals surface area contributed by atoms with Gasteiger partial charge in [0.25, 0.3) is 0 Å². The first-order chi connectivity index (χ1) is 11.5. The Labute approximate surface area is 139 Å². The molecule has 126 valence electrons. The van der Waals surface area contributed by atoms with Crippen molar-refractivity contribution in [1.29, 1.82) is 0 Å². The van der Waals surface area contributed by atoms with Gasteiger partial charge in [0.05, 0.1) is 6.04 Å². The summed E-state index contributed by atoms with van der Waals surface area (Å²) >= 11 is 0. The molecule has 7 nitrogen and oxygen atoms in total. The second-order valence-corrected chi connectivity index (χ2v) is 5.48. The number of rotatable bonds is 5. The lowest BCUT2D eigenvalue weighted by atomic mass is 10.1. The predicted octanol–water partition coefficient (Wildman–Crippen LogP) is 0.733. The van der Waals surface area contributed by atoms with Crippen molar-refractivity contribution in [3.8, 4) is 0 Å². The third-order valence-corrected chi connectivity index (χ3v) is 3.54. The lowest BCUT2D eigenvalue weighted by Gasteiger charge is -2.24. The lowest BCUT2D eigenvalue weighted by molar-refractivity contribution is -0.136. The molecular formula is C17H20N4O3. The summed E-state index contributed by atoms with van der Waals surface area (Å²) in [6, 6.07) is 10.9. The Morgan fingerprint density at radius 2 is 1.83 bits per heavy atom. The third kappa shape index (κ3) is 4.53. The molecule has 2 amide bonds. The Morgan fingerprint density at radius 3 is 2.46 bits per heavy atom. The molecule has 0 unspecified atom stereocenters. The number of carbonyl (C=O) groups excluding carboxylic acids is 2. The Bertz CT molecular complexity index is 756. The van der Waals surface area contributed by atoms with Gasteiger partial charge in [-0.25, -0.2) is 0 Å². The number of carbonyl (C=O) groups is 2. The maximum atomic E-state index is 12.0. The van der Waals surface area contributed by atoms with E-state index in [4.69, 9.17) is 0 Å². The van der Waals surface area contributed by atoms with E-state index in [1.54, 1.807) is 0 Å². The number of likely N-dealkylation sites (N-methyl/N-ethyl adjacent to an activating group) is 1. The number of benzene rings is 1. The smallest absolute Gasteiger partial charge is 0.313 e. The third-order valence-electron chi connectivity index (χ3n) is 3.54. The van der Waals surface area contributed by atoms with E-state index < -0.39 is 11.8 Å². The summed E-state index contributed by atoms with van der Waals surface area (Å²) in [5.41, 5.74) is 0.693. The maximum Gasteiger partial charge on any atom is 0.313 e. The number of H-pyrrole nitrogens is 1. The van der Waals surface area contributed by atoms with E-state index in [9.17, 15) is 14.4 Å². The molecule has 0 bridgehead atoms. The number of nitrogens with one attached hydrogen (secondary N) is 3. The van der Waals surface area contributed by atoms with Crippen LogP contribution < -0.4 is 16.1 Å². The molecule has 1 aromatic heterocycles. The quantitative estimate of drug-likeness (QED) is 0.705. The molecule has 1 atom stereocenters. The molecule has 3 N–H and O–H groups in total. The number of nitrogens with zero attached hydrogens (tertiary/aromatic N) is 1. The van der Waals surface area contributed by atoms with E-state index in [1.165, 1.54) is 18.5 Å². The van der Waals surface area contributed by atoms with Gasteiger partial charge in [-0.2, -0.15) is 0 Å². The first-order valence-electron chi connectivity index (χ1n) is 7.46. The number of pyridine rings is 1. The average Bonchev–Trinajstić information content (AvgIpc) is 2.57. The summed E-state index contributed by atoms with van der Waals surface area (Å²) < 4.78 is 0. The van der Waals surface area contributed by atoms with Crippen molar-refractivity contribution in [2.45, 2.75) is 6.04 Å². The predicted molar refractivity (Wildman–Crippen MR) is 91.6 cm³/mol. The molecule has 2 aromatic rings. The van der Waals surface area contributed by atoms with Crippen molar-refractivity contribution in [1.82, 2.24) is 15.2 Å². The molecule has 0 aliphatic rings. The number of hydrogen-bond donors (Lipinski definition) is 3. The van der Waals surface area contributed by atoms with E-state index in [-0.39, 0.29) is 23.7 Å². The molecule has 1 aromatic carbocycles. The summed E-state index contributed by atoms with van der Waals surface area (Å²) in [7, 11) is 3.79. The molecule has 0 radical (unpaired) electrons. The molecule has 0 fully saturated rings. The normalized spacial score (nSPS) is 11.8. The summed E-state index contributed by atoms with van der Waals surface area (Å²) in [4.78, 5) is 40.0. The Kier molecular flexibility index (Phi) is 5.86. The molecule has 24 heavy (non-hydrogen) atoms. The van der Waals surface area contributed by atoms with Crippen LogP contribution in [0.5, 0.6) is 0 Å². The van der Waals surface area contributed by atoms with Crippen molar-refractivity contribution in [3.63, 3.8) is 0 Å². The molecule has 0 aliphatic carbocycles. The van der Waals surface area contributed by atoms with Gasteiger partial charge in [-0.1, -0.05) is 30.3 Å². The van der Waals surface area contributed by atoms with Gasteiger partial charge in [0.15, 0.2) is 0 Å². The minimum absolute atomic E-state index is 0.0323. The minimum Gasteiger partial charge on any atom is -0.366 e. The van der Waals surface area contributed by atoms with Gasteiger partial charge < -0.3 is 20.5 Å². The molecule has 0 saturated heterocycles. The van der Waals surface area contributed by atoms with E-state index in [2.05, 4.69) is 15.6 Å². The van der Waals surface area contributed by atoms with Gasteiger partial charge >= 0.3 is 11.8 Å². The van der Waals surface area contributed by atoms with Crippen molar-refractivity contribution in [2.24, 2.45) is 0 Å². The van der Waals surface area contributed by atoms with Gasteiger partial charge in [-0.05, 0) is 19.7 Å². The van der Waals surface area contributed by atoms with Gasteiger partial charge in [0.1, 0.15) is 5.69 Å². The zero-order valence-electron chi connectivity index (χ0n) is 13.6. The van der Waals surface area contributed by atoms with Crippen LogP contribution in [0.25, 0.3) is 0 Å². The molecular weight excluding hydrogens is 308 g/mol. The van der Waals surface area contributed by atoms with Crippen LogP contribution in [0.2, 0.25) is 0 Å².